The highest BCUT2D eigenvalue weighted by Crippen LogP contribution is 2.39. The third-order valence-electron chi connectivity index (χ3n) is 6.43. The third-order valence-corrected chi connectivity index (χ3v) is 6.43. The van der Waals surface area contributed by atoms with Gasteiger partial charge in [0.1, 0.15) is 17.5 Å². The van der Waals surface area contributed by atoms with Crippen LogP contribution in [0.1, 0.15) is 55.5 Å². The predicted octanol–water partition coefficient (Wildman–Crippen LogP) is 4.33. The molecule has 6 heteroatoms. The Morgan fingerprint density at radius 3 is 2.68 bits per heavy atom. The lowest BCUT2D eigenvalue weighted by Gasteiger charge is -2.26. The van der Waals surface area contributed by atoms with Crippen molar-refractivity contribution in [3.63, 3.8) is 0 Å². The molecule has 0 spiro atoms. The highest BCUT2D eigenvalue weighted by Gasteiger charge is 2.31. The van der Waals surface area contributed by atoms with Crippen LogP contribution in [0.5, 0.6) is 0 Å². The van der Waals surface area contributed by atoms with Gasteiger partial charge in [-0.3, -0.25) is 4.98 Å². The Labute approximate surface area is 163 Å². The van der Waals surface area contributed by atoms with E-state index in [1.54, 1.807) is 0 Å². The first kappa shape index (κ1) is 17.6. The number of imidazole rings is 1. The van der Waals surface area contributed by atoms with E-state index in [2.05, 4.69) is 27.6 Å². The number of likely N-dealkylation sites (N-methyl/N-ethyl adjacent to an activating group) is 1. The zero-order valence-corrected chi connectivity index (χ0v) is 16.1. The van der Waals surface area contributed by atoms with Gasteiger partial charge in [0.2, 0.25) is 0 Å². The molecule has 0 N–H and O–H groups in total. The highest BCUT2D eigenvalue weighted by molar-refractivity contribution is 6.03. The summed E-state index contributed by atoms with van der Waals surface area (Å²) < 4.78 is 16.2. The van der Waals surface area contributed by atoms with Crippen molar-refractivity contribution >= 4 is 21.9 Å². The summed E-state index contributed by atoms with van der Waals surface area (Å²) in [5, 5.41) is 10.4. The van der Waals surface area contributed by atoms with Gasteiger partial charge in [0, 0.05) is 23.9 Å². The monoisotopic (exact) mass is 377 g/mol. The van der Waals surface area contributed by atoms with Crippen LogP contribution in [-0.2, 0) is 0 Å². The lowest BCUT2D eigenvalue weighted by atomic mass is 9.87. The van der Waals surface area contributed by atoms with Crippen LogP contribution in [0.4, 0.5) is 4.39 Å². The molecule has 144 valence electrons. The number of aromatic nitrogens is 3. The number of rotatable bonds is 2. The molecule has 28 heavy (non-hydrogen) atoms. The lowest BCUT2D eigenvalue weighted by molar-refractivity contribution is 0.229. The molecule has 1 atom stereocenters. The molecule has 3 heterocycles. The van der Waals surface area contributed by atoms with Crippen molar-refractivity contribution in [1.29, 1.82) is 5.26 Å². The Bertz CT molecular complexity index is 1070. The Morgan fingerprint density at radius 1 is 1.14 bits per heavy atom. The first-order valence-corrected chi connectivity index (χ1v) is 10.2. The molecule has 0 unspecified atom stereocenters. The molecule has 5 nitrogen and oxygen atoms in total. The van der Waals surface area contributed by atoms with Gasteiger partial charge in [0.05, 0.1) is 28.9 Å². The Morgan fingerprint density at radius 2 is 1.96 bits per heavy atom. The van der Waals surface area contributed by atoms with E-state index < -0.39 is 6.17 Å². The fourth-order valence-electron chi connectivity index (χ4n) is 4.96. The van der Waals surface area contributed by atoms with E-state index in [4.69, 9.17) is 4.98 Å². The van der Waals surface area contributed by atoms with Gasteiger partial charge in [-0.15, -0.1) is 0 Å². The molecule has 2 aliphatic rings. The van der Waals surface area contributed by atoms with Crippen LogP contribution in [0.2, 0.25) is 0 Å². The van der Waals surface area contributed by atoms with E-state index in [1.165, 1.54) is 0 Å². The average molecular weight is 377 g/mol. The number of hydrogen-bond acceptors (Lipinski definition) is 4. The smallest absolute Gasteiger partial charge is 0.113 e. The number of benzene rings is 1. The first-order valence-electron chi connectivity index (χ1n) is 10.2. The number of halogens is 1. The summed E-state index contributed by atoms with van der Waals surface area (Å²) in [7, 11) is 2.15. The molecule has 2 aromatic heterocycles. The summed E-state index contributed by atoms with van der Waals surface area (Å²) in [5.74, 6) is 1.37. The topological polar surface area (TPSA) is 57.7 Å². The van der Waals surface area contributed by atoms with Crippen molar-refractivity contribution < 1.29 is 4.39 Å². The summed E-state index contributed by atoms with van der Waals surface area (Å²) >= 11 is 0. The zero-order chi connectivity index (χ0) is 19.3. The van der Waals surface area contributed by atoms with Crippen molar-refractivity contribution in [2.75, 3.05) is 20.1 Å². The van der Waals surface area contributed by atoms with E-state index in [0.29, 0.717) is 30.4 Å². The van der Waals surface area contributed by atoms with Gasteiger partial charge in [-0.2, -0.15) is 5.26 Å². The second kappa shape index (κ2) is 6.82. The zero-order valence-electron chi connectivity index (χ0n) is 16.1. The van der Waals surface area contributed by atoms with Gasteiger partial charge in [-0.25, -0.2) is 9.37 Å². The number of hydrogen-bond donors (Lipinski definition) is 0. The van der Waals surface area contributed by atoms with Crippen LogP contribution in [0.15, 0.2) is 24.4 Å². The fraction of sp³-hybridized carbons (Fsp3) is 0.500. The van der Waals surface area contributed by atoms with Crippen LogP contribution >= 0.6 is 0 Å². The highest BCUT2D eigenvalue weighted by atomic mass is 19.1. The molecule has 0 bridgehead atoms. The second-order valence-electron chi connectivity index (χ2n) is 8.33. The normalized spacial score (nSPS) is 26.1. The van der Waals surface area contributed by atoms with Crippen LogP contribution in [0, 0.1) is 11.3 Å². The molecule has 0 radical (unpaired) electrons. The van der Waals surface area contributed by atoms with E-state index in [0.717, 1.165) is 60.1 Å². The molecule has 1 aliphatic carbocycles. The van der Waals surface area contributed by atoms with Crippen molar-refractivity contribution in [3.8, 4) is 6.07 Å². The number of likely N-dealkylation sites (tertiary alicyclic amines) is 1. The van der Waals surface area contributed by atoms with Crippen molar-refractivity contribution in [2.24, 2.45) is 0 Å². The van der Waals surface area contributed by atoms with Crippen molar-refractivity contribution in [2.45, 2.75) is 50.2 Å². The Kier molecular flexibility index (Phi) is 4.28. The molecule has 1 saturated heterocycles. The van der Waals surface area contributed by atoms with E-state index >= 15 is 0 Å². The summed E-state index contributed by atoms with van der Waals surface area (Å²) in [5.41, 5.74) is 3.49. The van der Waals surface area contributed by atoms with Crippen molar-refractivity contribution in [1.82, 2.24) is 19.4 Å². The van der Waals surface area contributed by atoms with E-state index in [1.807, 2.05) is 24.4 Å². The van der Waals surface area contributed by atoms with E-state index in [-0.39, 0.29) is 0 Å². The van der Waals surface area contributed by atoms with Crippen molar-refractivity contribution in [3.05, 3.63) is 35.8 Å². The first-order chi connectivity index (χ1) is 13.6. The van der Waals surface area contributed by atoms with Crippen LogP contribution in [0.3, 0.4) is 0 Å². The maximum Gasteiger partial charge on any atom is 0.113 e. The van der Waals surface area contributed by atoms with Gasteiger partial charge in [-0.05, 0) is 63.9 Å². The molecular formula is C22H24FN5. The van der Waals surface area contributed by atoms with Crippen LogP contribution in [0.25, 0.3) is 21.9 Å². The van der Waals surface area contributed by atoms with Gasteiger partial charge in [-0.1, -0.05) is 0 Å². The number of nitriles is 1. The minimum Gasteiger partial charge on any atom is -0.323 e. The molecule has 0 amide bonds. The van der Waals surface area contributed by atoms with Gasteiger partial charge in [0.25, 0.3) is 0 Å². The van der Waals surface area contributed by atoms with Gasteiger partial charge in [0.15, 0.2) is 0 Å². The van der Waals surface area contributed by atoms with E-state index in [9.17, 15) is 9.65 Å². The molecule has 1 aliphatic heterocycles. The lowest BCUT2D eigenvalue weighted by Crippen LogP contribution is -2.21. The SMILES string of the molecule is CN1CC[C@@H](n2c(C3CCC(F)CC3)nc3cnc4ccc(C#N)cc4c32)C1. The van der Waals surface area contributed by atoms with Crippen LogP contribution in [-0.4, -0.2) is 45.7 Å². The molecule has 5 rings (SSSR count). The Hall–Kier alpha value is -2.52. The summed E-state index contributed by atoms with van der Waals surface area (Å²) in [6, 6.07) is 8.26. The molecule has 1 aromatic carbocycles. The predicted molar refractivity (Wildman–Crippen MR) is 107 cm³/mol. The Balaban J connectivity index is 1.75. The number of pyridine rings is 1. The summed E-state index contributed by atoms with van der Waals surface area (Å²) in [4.78, 5) is 11.9. The fourth-order valence-corrected chi connectivity index (χ4v) is 4.96. The summed E-state index contributed by atoms with van der Waals surface area (Å²) in [6.07, 6.45) is 5.20. The van der Waals surface area contributed by atoms with Crippen LogP contribution < -0.4 is 0 Å². The third kappa shape index (κ3) is 2.85. The molecule has 1 saturated carbocycles. The maximum atomic E-state index is 13.7. The number of fused-ring (bicyclic) bond motifs is 3. The van der Waals surface area contributed by atoms with Gasteiger partial charge < -0.3 is 9.47 Å². The molecule has 3 aromatic rings. The quantitative estimate of drug-likeness (QED) is 0.667. The standard InChI is InChI=1S/C22H24FN5/c1-27-9-8-17(13-27)28-21-18-10-14(11-24)2-7-19(18)25-12-20(21)26-22(28)15-3-5-16(23)6-4-15/h2,7,10,12,15-17H,3-6,8-9,13H2,1H3/t15?,16?,17-/m1/s1. The number of alkyl halides is 1. The second-order valence-corrected chi connectivity index (χ2v) is 8.33. The molecule has 2 fully saturated rings. The minimum atomic E-state index is -0.674. The maximum absolute atomic E-state index is 13.7. The minimum absolute atomic E-state index is 0.291. The summed E-state index contributed by atoms with van der Waals surface area (Å²) in [6.45, 7) is 2.05. The number of nitrogens with zero attached hydrogens (tertiary/aromatic N) is 5. The average Bonchev–Trinajstić information content (AvgIpc) is 3.31. The van der Waals surface area contributed by atoms with Gasteiger partial charge >= 0.3 is 0 Å². The largest absolute Gasteiger partial charge is 0.323 e. The molecular weight excluding hydrogens is 353 g/mol.